The molecule has 128 valence electrons. The lowest BCUT2D eigenvalue weighted by Gasteiger charge is -2.14. The van der Waals surface area contributed by atoms with E-state index in [9.17, 15) is 4.79 Å². The summed E-state index contributed by atoms with van der Waals surface area (Å²) >= 11 is 0. The Kier molecular flexibility index (Phi) is 5.18. The molecule has 1 aliphatic rings. The number of benzene rings is 1. The molecule has 1 saturated carbocycles. The van der Waals surface area contributed by atoms with E-state index in [2.05, 4.69) is 46.1 Å². The molecule has 0 spiro atoms. The van der Waals surface area contributed by atoms with Crippen molar-refractivity contribution in [3.8, 4) is 0 Å². The Morgan fingerprint density at radius 3 is 2.79 bits per heavy atom. The van der Waals surface area contributed by atoms with Crippen LogP contribution in [0.15, 0.2) is 36.5 Å². The van der Waals surface area contributed by atoms with Crippen molar-refractivity contribution in [3.05, 3.63) is 53.3 Å². The predicted molar refractivity (Wildman–Crippen MR) is 94.6 cm³/mol. The average Bonchev–Trinajstić information content (AvgIpc) is 3.14. The number of aromatic nitrogens is 2. The fourth-order valence-corrected chi connectivity index (χ4v) is 3.47. The second kappa shape index (κ2) is 7.51. The highest BCUT2D eigenvalue weighted by Crippen LogP contribution is 2.28. The molecule has 2 atom stereocenters. The standard InChI is InChI=1S/C19H26N4O/c1-14-17(13-21-23(14)2)12-20-19(24)22-18-9-8-16(11-18)10-15-6-4-3-5-7-15/h3-7,13,16,18H,8-12H2,1-2H3,(H2,20,22,24). The third-order valence-electron chi connectivity index (χ3n) is 5.02. The molecule has 0 aliphatic heterocycles. The lowest BCUT2D eigenvalue weighted by Crippen LogP contribution is -2.40. The van der Waals surface area contributed by atoms with Crippen LogP contribution in [0.2, 0.25) is 0 Å². The van der Waals surface area contributed by atoms with Crippen molar-refractivity contribution in [2.24, 2.45) is 13.0 Å². The first-order valence-electron chi connectivity index (χ1n) is 8.67. The summed E-state index contributed by atoms with van der Waals surface area (Å²) in [6, 6.07) is 10.8. The number of carbonyl (C=O) groups is 1. The van der Waals surface area contributed by atoms with Crippen LogP contribution in [0.1, 0.15) is 36.1 Å². The molecule has 5 heteroatoms. The molecule has 2 N–H and O–H groups in total. The molecular formula is C19H26N4O. The molecule has 1 heterocycles. The summed E-state index contributed by atoms with van der Waals surface area (Å²) in [4.78, 5) is 12.1. The molecule has 1 aliphatic carbocycles. The second-order valence-corrected chi connectivity index (χ2v) is 6.77. The minimum Gasteiger partial charge on any atom is -0.335 e. The van der Waals surface area contributed by atoms with Crippen LogP contribution in [-0.4, -0.2) is 21.9 Å². The number of hydrogen-bond acceptors (Lipinski definition) is 2. The number of nitrogens with one attached hydrogen (secondary N) is 2. The van der Waals surface area contributed by atoms with E-state index >= 15 is 0 Å². The highest BCUT2D eigenvalue weighted by molar-refractivity contribution is 5.74. The maximum atomic E-state index is 12.1. The summed E-state index contributed by atoms with van der Waals surface area (Å²) in [5, 5.41) is 10.2. The molecule has 2 amide bonds. The summed E-state index contributed by atoms with van der Waals surface area (Å²) in [6.45, 7) is 2.53. The van der Waals surface area contributed by atoms with Gasteiger partial charge in [-0.3, -0.25) is 4.68 Å². The van der Waals surface area contributed by atoms with E-state index in [-0.39, 0.29) is 12.1 Å². The summed E-state index contributed by atoms with van der Waals surface area (Å²) in [7, 11) is 1.91. The number of aryl methyl sites for hydroxylation is 1. The van der Waals surface area contributed by atoms with Gasteiger partial charge in [0.25, 0.3) is 0 Å². The Hall–Kier alpha value is -2.30. The van der Waals surface area contributed by atoms with Gasteiger partial charge in [-0.1, -0.05) is 30.3 Å². The molecule has 24 heavy (non-hydrogen) atoms. The fourth-order valence-electron chi connectivity index (χ4n) is 3.47. The average molecular weight is 326 g/mol. The van der Waals surface area contributed by atoms with E-state index < -0.39 is 0 Å². The maximum absolute atomic E-state index is 12.1. The van der Waals surface area contributed by atoms with Crippen molar-refractivity contribution < 1.29 is 4.79 Å². The quantitative estimate of drug-likeness (QED) is 0.887. The molecule has 1 fully saturated rings. The third-order valence-corrected chi connectivity index (χ3v) is 5.02. The molecule has 0 bridgehead atoms. The van der Waals surface area contributed by atoms with Crippen molar-refractivity contribution in [1.29, 1.82) is 0 Å². The van der Waals surface area contributed by atoms with Gasteiger partial charge in [0, 0.05) is 30.9 Å². The van der Waals surface area contributed by atoms with Crippen LogP contribution in [0, 0.1) is 12.8 Å². The second-order valence-electron chi connectivity index (χ2n) is 6.77. The van der Waals surface area contributed by atoms with Crippen molar-refractivity contribution in [2.45, 2.75) is 45.2 Å². The topological polar surface area (TPSA) is 59.0 Å². The van der Waals surface area contributed by atoms with Gasteiger partial charge in [0.1, 0.15) is 0 Å². The fraction of sp³-hybridized carbons (Fsp3) is 0.474. The van der Waals surface area contributed by atoms with Crippen LogP contribution < -0.4 is 10.6 Å². The van der Waals surface area contributed by atoms with Crippen molar-refractivity contribution in [1.82, 2.24) is 20.4 Å². The predicted octanol–water partition coefficient (Wildman–Crippen LogP) is 2.94. The molecule has 1 aromatic heterocycles. The number of urea groups is 1. The number of carbonyl (C=O) groups excluding carboxylic acids is 1. The van der Waals surface area contributed by atoms with E-state index in [1.54, 1.807) is 6.20 Å². The van der Waals surface area contributed by atoms with Gasteiger partial charge in [-0.25, -0.2) is 4.79 Å². The van der Waals surface area contributed by atoms with Gasteiger partial charge in [-0.05, 0) is 44.1 Å². The van der Waals surface area contributed by atoms with Crippen LogP contribution in [0.3, 0.4) is 0 Å². The molecule has 2 aromatic rings. The summed E-state index contributed by atoms with van der Waals surface area (Å²) in [5.41, 5.74) is 3.53. The molecule has 5 nitrogen and oxygen atoms in total. The first kappa shape index (κ1) is 16.6. The van der Waals surface area contributed by atoms with Gasteiger partial charge < -0.3 is 10.6 Å². The molecule has 0 radical (unpaired) electrons. The van der Waals surface area contributed by atoms with Gasteiger partial charge in [-0.2, -0.15) is 5.10 Å². The lowest BCUT2D eigenvalue weighted by molar-refractivity contribution is 0.236. The Balaban J connectivity index is 1.42. The Labute approximate surface area is 143 Å². The van der Waals surface area contributed by atoms with Gasteiger partial charge in [-0.15, -0.1) is 0 Å². The van der Waals surface area contributed by atoms with Gasteiger partial charge >= 0.3 is 6.03 Å². The summed E-state index contributed by atoms with van der Waals surface area (Å²) < 4.78 is 1.82. The first-order valence-corrected chi connectivity index (χ1v) is 8.67. The normalized spacial score (nSPS) is 20.1. The molecule has 2 unspecified atom stereocenters. The lowest BCUT2D eigenvalue weighted by atomic mass is 9.98. The van der Waals surface area contributed by atoms with Crippen LogP contribution in [-0.2, 0) is 20.0 Å². The van der Waals surface area contributed by atoms with E-state index in [1.807, 2.05) is 18.7 Å². The number of rotatable bonds is 5. The maximum Gasteiger partial charge on any atom is 0.315 e. The zero-order valence-electron chi connectivity index (χ0n) is 14.5. The Morgan fingerprint density at radius 2 is 2.08 bits per heavy atom. The van der Waals surface area contributed by atoms with Crippen LogP contribution in [0.5, 0.6) is 0 Å². The third kappa shape index (κ3) is 4.16. The number of hydrogen-bond donors (Lipinski definition) is 2. The van der Waals surface area contributed by atoms with E-state index in [4.69, 9.17) is 0 Å². The number of amides is 2. The Morgan fingerprint density at radius 1 is 1.29 bits per heavy atom. The molecule has 1 aromatic carbocycles. The monoisotopic (exact) mass is 326 g/mol. The van der Waals surface area contributed by atoms with Crippen LogP contribution in [0.4, 0.5) is 4.79 Å². The van der Waals surface area contributed by atoms with Gasteiger partial charge in [0.05, 0.1) is 6.20 Å². The van der Waals surface area contributed by atoms with Gasteiger partial charge in [0.15, 0.2) is 0 Å². The highest BCUT2D eigenvalue weighted by Gasteiger charge is 2.25. The van der Waals surface area contributed by atoms with Crippen molar-refractivity contribution >= 4 is 6.03 Å². The van der Waals surface area contributed by atoms with Crippen molar-refractivity contribution in [3.63, 3.8) is 0 Å². The Bertz CT molecular complexity index is 680. The first-order chi connectivity index (χ1) is 11.6. The van der Waals surface area contributed by atoms with E-state index in [1.165, 1.54) is 12.0 Å². The molecule has 3 rings (SSSR count). The SMILES string of the molecule is Cc1c(CNC(=O)NC2CCC(Cc3ccccc3)C2)cnn1C. The van der Waals surface area contributed by atoms with Crippen molar-refractivity contribution in [2.75, 3.05) is 0 Å². The smallest absolute Gasteiger partial charge is 0.315 e. The van der Waals surface area contributed by atoms with E-state index in [0.29, 0.717) is 12.5 Å². The molecular weight excluding hydrogens is 300 g/mol. The largest absolute Gasteiger partial charge is 0.335 e. The summed E-state index contributed by atoms with van der Waals surface area (Å²) in [6.07, 6.45) is 6.23. The minimum absolute atomic E-state index is 0.0800. The summed E-state index contributed by atoms with van der Waals surface area (Å²) in [5.74, 6) is 0.665. The van der Waals surface area contributed by atoms with Crippen LogP contribution in [0.25, 0.3) is 0 Å². The zero-order chi connectivity index (χ0) is 16.9. The molecule has 0 saturated heterocycles. The zero-order valence-corrected chi connectivity index (χ0v) is 14.5. The van der Waals surface area contributed by atoms with Crippen LogP contribution >= 0.6 is 0 Å². The van der Waals surface area contributed by atoms with Gasteiger partial charge in [0.2, 0.25) is 0 Å². The highest BCUT2D eigenvalue weighted by atomic mass is 16.2. The van der Waals surface area contributed by atoms with E-state index in [0.717, 1.165) is 30.5 Å². The number of nitrogens with zero attached hydrogens (tertiary/aromatic N) is 2. The minimum atomic E-state index is -0.0800.